The van der Waals surface area contributed by atoms with E-state index >= 15 is 0 Å². The van der Waals surface area contributed by atoms with Gasteiger partial charge >= 0.3 is 39.3 Å². The van der Waals surface area contributed by atoms with Crippen molar-refractivity contribution in [1.29, 1.82) is 0 Å². The molecular formula is C23H13F11O4S. The fraction of sp³-hybridized carbons (Fsp3) is 0.217. The molecule has 0 amide bonds. The largest absolute Gasteiger partial charge is 0.534 e. The molecule has 3 rings (SSSR count). The maximum atomic E-state index is 14.6. The van der Waals surface area contributed by atoms with Crippen molar-refractivity contribution in [2.75, 3.05) is 0 Å². The van der Waals surface area contributed by atoms with E-state index in [-0.39, 0.29) is 47.9 Å². The Balaban J connectivity index is 1.88. The summed E-state index contributed by atoms with van der Waals surface area (Å²) < 4.78 is 184. The second kappa shape index (κ2) is 9.88. The van der Waals surface area contributed by atoms with Crippen LogP contribution in [-0.2, 0) is 22.0 Å². The molecule has 0 saturated carbocycles. The van der Waals surface area contributed by atoms with E-state index in [0.717, 1.165) is 12.1 Å². The zero-order chi connectivity index (χ0) is 29.5. The van der Waals surface area contributed by atoms with Gasteiger partial charge in [-0.3, -0.25) is 0 Å². The van der Waals surface area contributed by atoms with Crippen LogP contribution >= 0.6 is 0 Å². The van der Waals surface area contributed by atoms with Crippen LogP contribution in [-0.4, -0.2) is 25.8 Å². The predicted octanol–water partition coefficient (Wildman–Crippen LogP) is 7.86. The molecule has 212 valence electrons. The molecule has 0 saturated heterocycles. The molecule has 0 aromatic heterocycles. The van der Waals surface area contributed by atoms with Crippen LogP contribution in [0.5, 0.6) is 17.2 Å². The van der Waals surface area contributed by atoms with E-state index in [1.807, 2.05) is 0 Å². The molecule has 3 aromatic rings. The van der Waals surface area contributed by atoms with Crippen molar-refractivity contribution in [3.8, 4) is 17.2 Å². The molecule has 39 heavy (non-hydrogen) atoms. The number of halogens is 11. The highest BCUT2D eigenvalue weighted by molar-refractivity contribution is 7.88. The molecule has 0 radical (unpaired) electrons. The number of alkyl halides is 11. The van der Waals surface area contributed by atoms with Crippen LogP contribution in [0.4, 0.5) is 48.3 Å². The Hall–Kier alpha value is -3.56. The quantitative estimate of drug-likeness (QED) is 0.144. The van der Waals surface area contributed by atoms with E-state index in [4.69, 9.17) is 4.74 Å². The van der Waals surface area contributed by atoms with Crippen LogP contribution in [0.15, 0.2) is 78.9 Å². The Kier molecular flexibility index (Phi) is 7.60. The zero-order valence-corrected chi connectivity index (χ0v) is 19.5. The molecule has 0 aliphatic rings. The molecule has 0 bridgehead atoms. The summed E-state index contributed by atoms with van der Waals surface area (Å²) in [6.45, 7) is 0. The molecule has 0 heterocycles. The van der Waals surface area contributed by atoms with E-state index in [2.05, 4.69) is 4.18 Å². The minimum atomic E-state index is -6.77. The van der Waals surface area contributed by atoms with Gasteiger partial charge in [0.1, 0.15) is 17.2 Å². The van der Waals surface area contributed by atoms with Crippen molar-refractivity contribution in [3.05, 3.63) is 90.0 Å². The molecule has 4 nitrogen and oxygen atoms in total. The zero-order valence-electron chi connectivity index (χ0n) is 18.7. The van der Waals surface area contributed by atoms with Gasteiger partial charge in [-0.05, 0) is 60.7 Å². The van der Waals surface area contributed by atoms with Gasteiger partial charge in [0, 0.05) is 11.1 Å². The highest BCUT2D eigenvalue weighted by Crippen LogP contribution is 2.59. The van der Waals surface area contributed by atoms with Gasteiger partial charge in [0.05, 0.1) is 0 Å². The fourth-order valence-electron chi connectivity index (χ4n) is 3.01. The van der Waals surface area contributed by atoms with Gasteiger partial charge in [-0.1, -0.05) is 18.2 Å². The van der Waals surface area contributed by atoms with Crippen molar-refractivity contribution < 1.29 is 65.6 Å². The molecule has 0 aliphatic carbocycles. The minimum absolute atomic E-state index is 0.0182. The summed E-state index contributed by atoms with van der Waals surface area (Å²) in [4.78, 5) is 0. The number of benzene rings is 3. The molecule has 0 fully saturated rings. The molecule has 3 aromatic carbocycles. The number of hydrogen-bond acceptors (Lipinski definition) is 4. The lowest BCUT2D eigenvalue weighted by Gasteiger charge is -2.37. The standard InChI is InChI=1S/C23H13F11O4S/c24-19(25,14-6-10-17(11-7-14)37-16-4-2-1-3-5-16)21(28,29)22(30,31)20(26,27)15-8-12-18(13-9-15)38-39(35,36)23(32,33)34/h1-13H. The SMILES string of the molecule is O=S(=O)(Oc1ccc(C(F)(F)C(F)(F)C(F)(F)C(F)(F)c2ccc(Oc3ccccc3)cc2)cc1)C(F)(F)F. The van der Waals surface area contributed by atoms with Crippen LogP contribution < -0.4 is 8.92 Å². The lowest BCUT2D eigenvalue weighted by molar-refractivity contribution is -0.374. The summed E-state index contributed by atoms with van der Waals surface area (Å²) in [5.41, 5.74) is -9.75. The highest BCUT2D eigenvalue weighted by Gasteiger charge is 2.81. The van der Waals surface area contributed by atoms with Gasteiger partial charge < -0.3 is 8.92 Å². The summed E-state index contributed by atoms with van der Waals surface area (Å²) in [6.07, 6.45) is 0. The summed E-state index contributed by atoms with van der Waals surface area (Å²) in [5.74, 6) is -26.7. The maximum Gasteiger partial charge on any atom is 0.534 e. The van der Waals surface area contributed by atoms with Crippen molar-refractivity contribution in [2.24, 2.45) is 0 Å². The normalized spacial score (nSPS) is 13.7. The number of rotatable bonds is 9. The Bertz CT molecular complexity index is 1390. The van der Waals surface area contributed by atoms with Crippen molar-refractivity contribution in [2.45, 2.75) is 29.2 Å². The monoisotopic (exact) mass is 594 g/mol. The number of para-hydroxylation sites is 1. The average Bonchev–Trinajstić information content (AvgIpc) is 2.84. The average molecular weight is 594 g/mol. The third-order valence-corrected chi connectivity index (χ3v) is 6.06. The van der Waals surface area contributed by atoms with Crippen LogP contribution in [0.1, 0.15) is 11.1 Å². The molecule has 0 spiro atoms. The van der Waals surface area contributed by atoms with Crippen molar-refractivity contribution in [1.82, 2.24) is 0 Å². The van der Waals surface area contributed by atoms with E-state index in [1.54, 1.807) is 18.2 Å². The Morgan fingerprint density at radius 1 is 0.487 bits per heavy atom. The van der Waals surface area contributed by atoms with Crippen molar-refractivity contribution in [3.63, 3.8) is 0 Å². The van der Waals surface area contributed by atoms with E-state index < -0.39 is 56.2 Å². The van der Waals surface area contributed by atoms with Gasteiger partial charge in [-0.15, -0.1) is 0 Å². The lowest BCUT2D eigenvalue weighted by atomic mass is 9.90. The van der Waals surface area contributed by atoms with E-state index in [0.29, 0.717) is 0 Å². The summed E-state index contributed by atoms with van der Waals surface area (Å²) in [6, 6.07) is 9.27. The topological polar surface area (TPSA) is 52.6 Å². The second-order valence-electron chi connectivity index (χ2n) is 7.74. The summed E-state index contributed by atoms with van der Waals surface area (Å²) in [5, 5.41) is 0. The minimum Gasteiger partial charge on any atom is -0.457 e. The Morgan fingerprint density at radius 3 is 1.23 bits per heavy atom. The number of hydrogen-bond donors (Lipinski definition) is 0. The molecule has 16 heteroatoms. The van der Waals surface area contributed by atoms with Gasteiger partial charge in [0.25, 0.3) is 0 Å². The van der Waals surface area contributed by atoms with Crippen LogP contribution in [0.25, 0.3) is 0 Å². The molecule has 0 unspecified atom stereocenters. The first kappa shape index (κ1) is 30.0. The Morgan fingerprint density at radius 2 is 0.846 bits per heavy atom. The van der Waals surface area contributed by atoms with E-state index in [9.17, 15) is 56.7 Å². The lowest BCUT2D eigenvalue weighted by Crippen LogP contribution is -2.59. The third-order valence-electron chi connectivity index (χ3n) is 5.09. The number of ether oxygens (including phenoxy) is 1. The first-order valence-corrected chi connectivity index (χ1v) is 11.6. The smallest absolute Gasteiger partial charge is 0.457 e. The van der Waals surface area contributed by atoms with E-state index in [1.165, 1.54) is 12.1 Å². The highest BCUT2D eigenvalue weighted by atomic mass is 32.2. The molecule has 0 aliphatic heterocycles. The second-order valence-corrected chi connectivity index (χ2v) is 9.28. The molecule has 0 N–H and O–H groups in total. The van der Waals surface area contributed by atoms with Gasteiger partial charge in [0.2, 0.25) is 0 Å². The van der Waals surface area contributed by atoms with Crippen LogP contribution in [0.3, 0.4) is 0 Å². The van der Waals surface area contributed by atoms with Crippen LogP contribution in [0, 0.1) is 0 Å². The summed E-state index contributed by atoms with van der Waals surface area (Å²) in [7, 11) is -6.29. The third kappa shape index (κ3) is 5.46. The first-order chi connectivity index (χ1) is 17.7. The molecule has 0 atom stereocenters. The molecular weight excluding hydrogens is 581 g/mol. The van der Waals surface area contributed by atoms with Crippen molar-refractivity contribution >= 4 is 10.1 Å². The Labute approximate surface area is 212 Å². The van der Waals surface area contributed by atoms with Crippen LogP contribution in [0.2, 0.25) is 0 Å². The van der Waals surface area contributed by atoms with Gasteiger partial charge in [-0.25, -0.2) is 0 Å². The maximum absolute atomic E-state index is 14.6. The predicted molar refractivity (Wildman–Crippen MR) is 113 cm³/mol. The summed E-state index contributed by atoms with van der Waals surface area (Å²) >= 11 is 0. The fourth-order valence-corrected chi connectivity index (χ4v) is 3.47. The van der Waals surface area contributed by atoms with Gasteiger partial charge in [0.15, 0.2) is 0 Å². The van der Waals surface area contributed by atoms with Gasteiger partial charge in [-0.2, -0.15) is 56.7 Å². The first-order valence-electron chi connectivity index (χ1n) is 10.2.